The molecule has 1 aliphatic heterocycles. The molecule has 6 nitrogen and oxygen atoms in total. The molecule has 2 fully saturated rings. The third kappa shape index (κ3) is 4.20. The highest BCUT2D eigenvalue weighted by Crippen LogP contribution is 2.49. The van der Waals surface area contributed by atoms with E-state index in [9.17, 15) is 15.3 Å². The molecule has 1 saturated carbocycles. The predicted octanol–water partition coefficient (Wildman–Crippen LogP) is 2.32. The summed E-state index contributed by atoms with van der Waals surface area (Å²) in [6, 6.07) is 4.35. The summed E-state index contributed by atoms with van der Waals surface area (Å²) in [6.45, 7) is 6.27. The van der Waals surface area contributed by atoms with Crippen molar-refractivity contribution < 1.29 is 19.0 Å². The minimum absolute atomic E-state index is 0.0391. The van der Waals surface area contributed by atoms with Crippen molar-refractivity contribution in [1.82, 2.24) is 0 Å². The van der Waals surface area contributed by atoms with Crippen LogP contribution in [0.5, 0.6) is 0 Å². The second-order valence-corrected chi connectivity index (χ2v) is 6.36. The Bertz CT molecular complexity index is 642. The molecular weight excluding hydrogens is 320 g/mol. The van der Waals surface area contributed by atoms with E-state index in [-0.39, 0.29) is 24.9 Å². The smallest absolute Gasteiger partial charge is 0.303 e. The van der Waals surface area contributed by atoms with Crippen LogP contribution < -0.4 is 0 Å². The molecule has 0 radical (unpaired) electrons. The van der Waals surface area contributed by atoms with Crippen LogP contribution in [-0.4, -0.2) is 31.6 Å². The van der Waals surface area contributed by atoms with E-state index >= 15 is 0 Å². The molecule has 0 bridgehead atoms. The van der Waals surface area contributed by atoms with Crippen LogP contribution in [0.25, 0.3) is 0 Å². The van der Waals surface area contributed by atoms with E-state index in [1.807, 2.05) is 0 Å². The van der Waals surface area contributed by atoms with Crippen molar-refractivity contribution in [2.45, 2.75) is 38.4 Å². The molecule has 1 heterocycles. The van der Waals surface area contributed by atoms with E-state index in [0.29, 0.717) is 32.5 Å². The minimum atomic E-state index is -1.23. The first-order valence-electron chi connectivity index (χ1n) is 8.33. The lowest BCUT2D eigenvalue weighted by molar-refractivity contribution is -0.194. The fraction of sp³-hybridized carbons (Fsp3) is 0.632. The van der Waals surface area contributed by atoms with Gasteiger partial charge in [0.15, 0.2) is 17.8 Å². The highest BCUT2D eigenvalue weighted by atomic mass is 16.7. The van der Waals surface area contributed by atoms with Gasteiger partial charge in [-0.15, -0.1) is 6.58 Å². The molecule has 2 rings (SSSR count). The maximum absolute atomic E-state index is 10.7. The number of carbonyl (C=O) groups is 1. The Labute approximate surface area is 148 Å². The zero-order chi connectivity index (χ0) is 18.3. The predicted molar refractivity (Wildman–Crippen MR) is 88.3 cm³/mol. The van der Waals surface area contributed by atoms with E-state index in [0.717, 1.165) is 0 Å². The van der Waals surface area contributed by atoms with E-state index in [4.69, 9.17) is 14.2 Å². The topological polar surface area (TPSA) is 92.3 Å². The minimum Gasteiger partial charge on any atom is -0.453 e. The van der Waals surface area contributed by atoms with Crippen LogP contribution in [0.3, 0.4) is 0 Å². The van der Waals surface area contributed by atoms with E-state index in [2.05, 4.69) is 30.6 Å². The highest BCUT2D eigenvalue weighted by molar-refractivity contribution is 5.66. The van der Waals surface area contributed by atoms with Crippen LogP contribution >= 0.6 is 0 Å². The fourth-order valence-electron chi connectivity index (χ4n) is 3.60. The average molecular weight is 342 g/mol. The summed E-state index contributed by atoms with van der Waals surface area (Å²) in [5.74, 6) is 4.23. The summed E-state index contributed by atoms with van der Waals surface area (Å²) in [5.41, 5.74) is -1.23. The van der Waals surface area contributed by atoms with Crippen LogP contribution in [0.2, 0.25) is 0 Å². The third-order valence-corrected chi connectivity index (χ3v) is 4.89. The largest absolute Gasteiger partial charge is 0.453 e. The van der Waals surface area contributed by atoms with Gasteiger partial charge in [-0.2, -0.15) is 10.5 Å². The summed E-state index contributed by atoms with van der Waals surface area (Å²) < 4.78 is 16.3. The molecule has 0 aromatic carbocycles. The Morgan fingerprint density at radius 2 is 2.04 bits per heavy atom. The second-order valence-electron chi connectivity index (χ2n) is 6.36. The monoisotopic (exact) mass is 342 g/mol. The lowest BCUT2D eigenvalue weighted by Crippen LogP contribution is -2.44. The maximum atomic E-state index is 10.7. The first-order valence-corrected chi connectivity index (χ1v) is 8.33. The number of hydrogen-bond acceptors (Lipinski definition) is 6. The van der Waals surface area contributed by atoms with Crippen molar-refractivity contribution in [2.75, 3.05) is 19.8 Å². The molecule has 2 atom stereocenters. The first kappa shape index (κ1) is 19.0. The number of allylic oxidation sites excluding steroid dienone is 1. The van der Waals surface area contributed by atoms with Crippen LogP contribution in [0.4, 0.5) is 0 Å². The summed E-state index contributed by atoms with van der Waals surface area (Å²) in [6.07, 6.45) is 3.75. The summed E-state index contributed by atoms with van der Waals surface area (Å²) in [5, 5.41) is 19.4. The number of hydrogen-bond donors (Lipinski definition) is 0. The van der Waals surface area contributed by atoms with Gasteiger partial charge in [0.05, 0.1) is 25.4 Å². The molecule has 0 amide bonds. The molecule has 2 unspecified atom stereocenters. The van der Waals surface area contributed by atoms with Crippen molar-refractivity contribution in [2.24, 2.45) is 17.3 Å². The van der Waals surface area contributed by atoms with Crippen LogP contribution in [0.1, 0.15) is 32.6 Å². The number of rotatable bonds is 4. The van der Waals surface area contributed by atoms with Crippen molar-refractivity contribution in [3.05, 3.63) is 12.7 Å². The normalized spacial score (nSPS) is 24.4. The zero-order valence-corrected chi connectivity index (χ0v) is 14.4. The van der Waals surface area contributed by atoms with E-state index in [1.165, 1.54) is 6.92 Å². The number of carbonyl (C=O) groups excluding carboxylic acids is 1. The number of nitrogens with zero attached hydrogens (tertiary/aromatic N) is 2. The van der Waals surface area contributed by atoms with Gasteiger partial charge >= 0.3 is 5.97 Å². The van der Waals surface area contributed by atoms with Gasteiger partial charge in [-0.3, -0.25) is 4.79 Å². The number of nitriles is 2. The first-order chi connectivity index (χ1) is 12.0. The second kappa shape index (κ2) is 8.17. The molecule has 132 valence electrons. The molecule has 0 N–H and O–H groups in total. The Balaban J connectivity index is 2.12. The van der Waals surface area contributed by atoms with Crippen molar-refractivity contribution in [3.63, 3.8) is 0 Å². The SMILES string of the molecule is C=CC1CC2(CCC1C(C#N)(C#N)CC#CCOC(C)=O)OCCO2. The van der Waals surface area contributed by atoms with Gasteiger partial charge in [-0.1, -0.05) is 17.9 Å². The highest BCUT2D eigenvalue weighted by Gasteiger charge is 2.51. The Morgan fingerprint density at radius 1 is 1.36 bits per heavy atom. The van der Waals surface area contributed by atoms with Gasteiger partial charge < -0.3 is 14.2 Å². The standard InChI is InChI=1S/C19H22N2O4/c1-3-16-12-19(24-10-11-25-19)8-6-17(16)18(13-20,14-21)7-4-5-9-23-15(2)22/h3,16-17H,1,6-12H2,2H3. The lowest BCUT2D eigenvalue weighted by atomic mass is 9.62. The van der Waals surface area contributed by atoms with E-state index < -0.39 is 17.2 Å². The summed E-state index contributed by atoms with van der Waals surface area (Å²) in [4.78, 5) is 10.7. The Hall–Kier alpha value is -2.33. The van der Waals surface area contributed by atoms with Crippen LogP contribution in [0.15, 0.2) is 12.7 Å². The van der Waals surface area contributed by atoms with Crippen LogP contribution in [-0.2, 0) is 19.0 Å². The molecule has 2 aliphatic rings. The number of esters is 1. The van der Waals surface area contributed by atoms with Crippen molar-refractivity contribution in [3.8, 4) is 24.0 Å². The molecule has 1 spiro atoms. The molecule has 0 aromatic rings. The van der Waals surface area contributed by atoms with Gasteiger partial charge in [-0.05, 0) is 18.3 Å². The van der Waals surface area contributed by atoms with Crippen molar-refractivity contribution in [1.29, 1.82) is 10.5 Å². The van der Waals surface area contributed by atoms with Gasteiger partial charge in [0, 0.05) is 26.2 Å². The molecule has 25 heavy (non-hydrogen) atoms. The average Bonchev–Trinajstić information content (AvgIpc) is 3.06. The van der Waals surface area contributed by atoms with Crippen molar-refractivity contribution >= 4 is 5.97 Å². The maximum Gasteiger partial charge on any atom is 0.303 e. The molecule has 0 aromatic heterocycles. The van der Waals surface area contributed by atoms with Gasteiger partial charge in [0.25, 0.3) is 0 Å². The molecule has 6 heteroatoms. The summed E-state index contributed by atoms with van der Waals surface area (Å²) in [7, 11) is 0. The summed E-state index contributed by atoms with van der Waals surface area (Å²) >= 11 is 0. The third-order valence-electron chi connectivity index (χ3n) is 4.89. The molecular formula is C19H22N2O4. The van der Waals surface area contributed by atoms with E-state index in [1.54, 1.807) is 6.08 Å². The Morgan fingerprint density at radius 3 is 2.60 bits per heavy atom. The van der Waals surface area contributed by atoms with Gasteiger partial charge in [-0.25, -0.2) is 0 Å². The lowest BCUT2D eigenvalue weighted by Gasteiger charge is -2.43. The van der Waals surface area contributed by atoms with Gasteiger partial charge in [0.2, 0.25) is 0 Å². The quantitative estimate of drug-likeness (QED) is 0.442. The molecule has 1 aliphatic carbocycles. The van der Waals surface area contributed by atoms with Crippen LogP contribution in [0, 0.1) is 51.8 Å². The number of ether oxygens (including phenoxy) is 3. The Kier molecular flexibility index (Phi) is 6.21. The fourth-order valence-corrected chi connectivity index (χ4v) is 3.60. The molecule has 1 saturated heterocycles. The zero-order valence-electron chi connectivity index (χ0n) is 14.4. The van der Waals surface area contributed by atoms with Gasteiger partial charge in [0.1, 0.15) is 0 Å².